The standard InChI is InChI=1S/C13H15ClO5/c1-19-11(15)5-3-8-2-4-9(7-14)10(6-8)12(16)13(17)18/h2,4,6,12,16H,3,5,7H2,1H3,(H,17,18). The van der Waals surface area contributed by atoms with Crippen molar-refractivity contribution in [1.82, 2.24) is 0 Å². The van der Waals surface area contributed by atoms with Crippen LogP contribution in [0.5, 0.6) is 0 Å². The van der Waals surface area contributed by atoms with Crippen molar-refractivity contribution in [3.8, 4) is 0 Å². The molecule has 0 amide bonds. The summed E-state index contributed by atoms with van der Waals surface area (Å²) in [5.74, 6) is -1.57. The highest BCUT2D eigenvalue weighted by Gasteiger charge is 2.19. The average Bonchev–Trinajstić information content (AvgIpc) is 2.43. The van der Waals surface area contributed by atoms with Crippen molar-refractivity contribution in [3.05, 3.63) is 34.9 Å². The van der Waals surface area contributed by atoms with E-state index in [1.54, 1.807) is 18.2 Å². The van der Waals surface area contributed by atoms with Gasteiger partial charge in [0.05, 0.1) is 7.11 Å². The Labute approximate surface area is 115 Å². The van der Waals surface area contributed by atoms with Gasteiger partial charge in [-0.2, -0.15) is 0 Å². The SMILES string of the molecule is COC(=O)CCc1ccc(CCl)c(C(O)C(=O)O)c1. The van der Waals surface area contributed by atoms with Gasteiger partial charge in [0.2, 0.25) is 0 Å². The van der Waals surface area contributed by atoms with Crippen LogP contribution in [0.4, 0.5) is 0 Å². The number of carboxylic acids is 1. The number of halogens is 1. The molecule has 0 saturated heterocycles. The van der Waals surface area contributed by atoms with Gasteiger partial charge in [-0.15, -0.1) is 11.6 Å². The van der Waals surface area contributed by atoms with E-state index in [-0.39, 0.29) is 23.8 Å². The number of carbonyl (C=O) groups excluding carboxylic acids is 1. The highest BCUT2D eigenvalue weighted by molar-refractivity contribution is 6.17. The molecule has 0 fully saturated rings. The zero-order valence-electron chi connectivity index (χ0n) is 10.4. The van der Waals surface area contributed by atoms with E-state index in [0.29, 0.717) is 12.0 Å². The fraction of sp³-hybridized carbons (Fsp3) is 0.385. The number of rotatable bonds is 6. The number of carboxylic acid groups (broad SMARTS) is 1. The number of benzene rings is 1. The summed E-state index contributed by atoms with van der Waals surface area (Å²) < 4.78 is 4.53. The van der Waals surface area contributed by atoms with Crippen LogP contribution in [0, 0.1) is 0 Å². The zero-order chi connectivity index (χ0) is 14.4. The summed E-state index contributed by atoms with van der Waals surface area (Å²) in [6.45, 7) is 0. The van der Waals surface area contributed by atoms with E-state index in [1.807, 2.05) is 0 Å². The molecule has 0 aliphatic rings. The van der Waals surface area contributed by atoms with Crippen LogP contribution in [0.2, 0.25) is 0 Å². The number of hydrogen-bond acceptors (Lipinski definition) is 4. The van der Waals surface area contributed by atoms with Crippen molar-refractivity contribution >= 4 is 23.5 Å². The van der Waals surface area contributed by atoms with Crippen LogP contribution < -0.4 is 0 Å². The first kappa shape index (κ1) is 15.5. The second kappa shape index (κ2) is 7.11. The molecule has 1 unspecified atom stereocenters. The van der Waals surface area contributed by atoms with Gasteiger partial charge in [-0.1, -0.05) is 18.2 Å². The fourth-order valence-corrected chi connectivity index (χ4v) is 1.90. The van der Waals surface area contributed by atoms with Crippen molar-refractivity contribution in [1.29, 1.82) is 0 Å². The number of esters is 1. The van der Waals surface area contributed by atoms with Gasteiger partial charge in [-0.05, 0) is 23.1 Å². The van der Waals surface area contributed by atoms with Crippen LogP contribution in [0.25, 0.3) is 0 Å². The maximum absolute atomic E-state index is 11.0. The van der Waals surface area contributed by atoms with E-state index in [9.17, 15) is 14.7 Å². The van der Waals surface area contributed by atoms with Gasteiger partial charge in [-0.25, -0.2) is 4.79 Å². The minimum atomic E-state index is -1.62. The number of alkyl halides is 1. The largest absolute Gasteiger partial charge is 0.479 e. The van der Waals surface area contributed by atoms with Crippen LogP contribution in [-0.4, -0.2) is 29.3 Å². The lowest BCUT2D eigenvalue weighted by Crippen LogP contribution is -2.13. The molecular formula is C13H15ClO5. The molecule has 0 heterocycles. The third kappa shape index (κ3) is 4.22. The lowest BCUT2D eigenvalue weighted by Gasteiger charge is -2.12. The molecule has 0 saturated carbocycles. The first-order valence-corrected chi connectivity index (χ1v) is 6.18. The molecule has 1 aromatic carbocycles. The fourth-order valence-electron chi connectivity index (χ4n) is 1.66. The normalized spacial score (nSPS) is 11.9. The Balaban J connectivity index is 2.95. The van der Waals surface area contributed by atoms with E-state index < -0.39 is 12.1 Å². The number of aliphatic carboxylic acids is 1. The minimum absolute atomic E-state index is 0.108. The number of carbonyl (C=O) groups is 2. The second-order valence-electron chi connectivity index (χ2n) is 3.98. The lowest BCUT2D eigenvalue weighted by molar-refractivity contribution is -0.147. The van der Waals surface area contributed by atoms with Crippen LogP contribution in [0.3, 0.4) is 0 Å². The summed E-state index contributed by atoms with van der Waals surface area (Å²) in [5.41, 5.74) is 1.55. The Bertz CT molecular complexity index is 472. The number of aliphatic hydroxyl groups excluding tert-OH is 1. The molecule has 1 rings (SSSR count). The highest BCUT2D eigenvalue weighted by atomic mass is 35.5. The third-order valence-corrected chi connectivity index (χ3v) is 3.02. The Hall–Kier alpha value is -1.59. The minimum Gasteiger partial charge on any atom is -0.479 e. The first-order valence-electron chi connectivity index (χ1n) is 5.65. The Morgan fingerprint density at radius 3 is 2.63 bits per heavy atom. The van der Waals surface area contributed by atoms with Gasteiger partial charge in [-0.3, -0.25) is 4.79 Å². The summed E-state index contributed by atoms with van der Waals surface area (Å²) >= 11 is 5.70. The number of ether oxygens (including phenoxy) is 1. The van der Waals surface area contributed by atoms with E-state index in [2.05, 4.69) is 4.74 Å². The molecule has 1 atom stereocenters. The molecule has 0 radical (unpaired) electrons. The van der Waals surface area contributed by atoms with Crippen LogP contribution >= 0.6 is 11.6 Å². The van der Waals surface area contributed by atoms with Crippen LogP contribution in [0.15, 0.2) is 18.2 Å². The van der Waals surface area contributed by atoms with E-state index in [0.717, 1.165) is 5.56 Å². The number of aliphatic hydroxyl groups is 1. The quantitative estimate of drug-likeness (QED) is 0.614. The molecule has 0 bridgehead atoms. The molecule has 0 spiro atoms. The Morgan fingerprint density at radius 2 is 2.11 bits per heavy atom. The van der Waals surface area contributed by atoms with Gasteiger partial charge in [0.15, 0.2) is 6.10 Å². The van der Waals surface area contributed by atoms with Crippen molar-refractivity contribution in [3.63, 3.8) is 0 Å². The van der Waals surface area contributed by atoms with Gasteiger partial charge in [0.1, 0.15) is 0 Å². The van der Waals surface area contributed by atoms with Gasteiger partial charge in [0.25, 0.3) is 0 Å². The summed E-state index contributed by atoms with van der Waals surface area (Å²) in [5, 5.41) is 18.4. The summed E-state index contributed by atoms with van der Waals surface area (Å²) in [7, 11) is 1.30. The van der Waals surface area contributed by atoms with Crippen molar-refractivity contribution in [2.45, 2.75) is 24.8 Å². The predicted molar refractivity (Wildman–Crippen MR) is 68.9 cm³/mol. The maximum atomic E-state index is 11.0. The number of methoxy groups -OCH3 is 1. The Kier molecular flexibility index (Phi) is 5.79. The molecular weight excluding hydrogens is 272 g/mol. The third-order valence-electron chi connectivity index (χ3n) is 2.73. The summed E-state index contributed by atoms with van der Waals surface area (Å²) in [4.78, 5) is 21.9. The number of aryl methyl sites for hydroxylation is 1. The topological polar surface area (TPSA) is 83.8 Å². The van der Waals surface area contributed by atoms with Gasteiger partial charge < -0.3 is 14.9 Å². The first-order chi connectivity index (χ1) is 8.99. The molecule has 0 aliphatic heterocycles. The lowest BCUT2D eigenvalue weighted by atomic mass is 9.98. The van der Waals surface area contributed by atoms with E-state index >= 15 is 0 Å². The predicted octanol–water partition coefficient (Wildman–Crippen LogP) is 1.65. The van der Waals surface area contributed by atoms with Gasteiger partial charge >= 0.3 is 11.9 Å². The second-order valence-corrected chi connectivity index (χ2v) is 4.25. The Morgan fingerprint density at radius 1 is 1.42 bits per heavy atom. The zero-order valence-corrected chi connectivity index (χ0v) is 11.2. The molecule has 104 valence electrons. The van der Waals surface area contributed by atoms with E-state index in [4.69, 9.17) is 16.7 Å². The number of hydrogen-bond donors (Lipinski definition) is 2. The summed E-state index contributed by atoms with van der Waals surface area (Å²) in [6, 6.07) is 4.96. The average molecular weight is 287 g/mol. The monoisotopic (exact) mass is 286 g/mol. The smallest absolute Gasteiger partial charge is 0.337 e. The van der Waals surface area contributed by atoms with Crippen LogP contribution in [0.1, 0.15) is 29.2 Å². The summed E-state index contributed by atoms with van der Waals surface area (Å²) in [6.07, 6.45) is -1.01. The molecule has 2 N–H and O–H groups in total. The molecule has 6 heteroatoms. The van der Waals surface area contributed by atoms with Crippen molar-refractivity contribution in [2.24, 2.45) is 0 Å². The van der Waals surface area contributed by atoms with Gasteiger partial charge in [0, 0.05) is 12.3 Å². The van der Waals surface area contributed by atoms with Crippen molar-refractivity contribution in [2.75, 3.05) is 7.11 Å². The molecule has 5 nitrogen and oxygen atoms in total. The van der Waals surface area contributed by atoms with Crippen LogP contribution in [-0.2, 0) is 26.6 Å². The molecule has 0 aromatic heterocycles. The molecule has 0 aliphatic carbocycles. The molecule has 1 aromatic rings. The maximum Gasteiger partial charge on any atom is 0.337 e. The molecule has 19 heavy (non-hydrogen) atoms. The highest BCUT2D eigenvalue weighted by Crippen LogP contribution is 2.22. The van der Waals surface area contributed by atoms with Crippen molar-refractivity contribution < 1.29 is 24.5 Å². The van der Waals surface area contributed by atoms with E-state index in [1.165, 1.54) is 7.11 Å².